The van der Waals surface area contributed by atoms with Crippen LogP contribution >= 0.6 is 0 Å². The van der Waals surface area contributed by atoms with Gasteiger partial charge in [0.05, 0.1) is 32.0 Å². The largest absolute Gasteiger partial charge is 0.493 e. The number of hydrogen-bond donors (Lipinski definition) is 1. The lowest BCUT2D eigenvalue weighted by Crippen LogP contribution is -2.21. The molecule has 1 amide bonds. The first-order valence-electron chi connectivity index (χ1n) is 7.09. The van der Waals surface area contributed by atoms with E-state index in [4.69, 9.17) is 9.47 Å². The molecule has 0 saturated heterocycles. The van der Waals surface area contributed by atoms with E-state index in [9.17, 15) is 4.79 Å². The number of hydrazone groups is 1. The highest BCUT2D eigenvalue weighted by Crippen LogP contribution is 2.27. The normalized spacial score (nSPS) is 11.0. The molecular weight excluding hydrogens is 294 g/mol. The third kappa shape index (κ3) is 4.54. The van der Waals surface area contributed by atoms with Crippen LogP contribution < -0.4 is 14.9 Å². The molecule has 1 heterocycles. The van der Waals surface area contributed by atoms with Gasteiger partial charge in [-0.1, -0.05) is 12.1 Å². The number of methoxy groups -OCH3 is 2. The molecule has 23 heavy (non-hydrogen) atoms. The highest BCUT2D eigenvalue weighted by molar-refractivity contribution is 5.97. The Balaban J connectivity index is 2.00. The van der Waals surface area contributed by atoms with Gasteiger partial charge in [0.1, 0.15) is 0 Å². The highest BCUT2D eigenvalue weighted by Gasteiger charge is 2.08. The number of hydrogen-bond acceptors (Lipinski definition) is 5. The molecule has 0 spiro atoms. The number of nitrogens with one attached hydrogen (secondary N) is 1. The van der Waals surface area contributed by atoms with E-state index in [2.05, 4.69) is 15.5 Å². The maximum absolute atomic E-state index is 12.0. The van der Waals surface area contributed by atoms with Gasteiger partial charge in [-0.05, 0) is 36.8 Å². The Morgan fingerprint density at radius 1 is 1.17 bits per heavy atom. The zero-order valence-electron chi connectivity index (χ0n) is 13.4. The second-order valence-corrected chi connectivity index (χ2v) is 4.81. The molecule has 6 heteroatoms. The van der Waals surface area contributed by atoms with E-state index in [1.165, 1.54) is 0 Å². The standard InChI is InChI=1S/C17H19N3O3/c1-12(14-6-4-5-9-18-14)19-20-17(21)11-13-7-8-15(22-2)16(10-13)23-3/h4-10H,11H2,1-3H3,(H,20,21). The Hall–Kier alpha value is -2.89. The fourth-order valence-electron chi connectivity index (χ4n) is 2.00. The van der Waals surface area contributed by atoms with Crippen molar-refractivity contribution in [3.05, 3.63) is 53.9 Å². The number of nitrogens with zero attached hydrogens (tertiary/aromatic N) is 2. The Labute approximate surface area is 135 Å². The van der Waals surface area contributed by atoms with E-state index >= 15 is 0 Å². The minimum atomic E-state index is -0.215. The van der Waals surface area contributed by atoms with Gasteiger partial charge in [0, 0.05) is 6.20 Å². The summed E-state index contributed by atoms with van der Waals surface area (Å²) in [6.07, 6.45) is 1.87. The molecule has 6 nitrogen and oxygen atoms in total. The van der Waals surface area contributed by atoms with Gasteiger partial charge < -0.3 is 9.47 Å². The zero-order chi connectivity index (χ0) is 16.7. The Morgan fingerprint density at radius 3 is 2.61 bits per heavy atom. The Morgan fingerprint density at radius 2 is 1.96 bits per heavy atom. The molecule has 0 radical (unpaired) electrons. The predicted octanol–water partition coefficient (Wildman–Crippen LogP) is 2.18. The first kappa shape index (κ1) is 16.5. The van der Waals surface area contributed by atoms with E-state index < -0.39 is 0 Å². The molecule has 0 saturated carbocycles. The third-order valence-corrected chi connectivity index (χ3v) is 3.20. The molecule has 2 aromatic rings. The van der Waals surface area contributed by atoms with E-state index in [1.54, 1.807) is 39.5 Å². The minimum absolute atomic E-state index is 0.194. The van der Waals surface area contributed by atoms with Gasteiger partial charge in [0.2, 0.25) is 5.91 Å². The van der Waals surface area contributed by atoms with Crippen LogP contribution in [0.15, 0.2) is 47.7 Å². The summed E-state index contributed by atoms with van der Waals surface area (Å²) in [5, 5.41) is 4.07. The first-order valence-corrected chi connectivity index (χ1v) is 7.09. The fraction of sp³-hybridized carbons (Fsp3) is 0.235. The van der Waals surface area contributed by atoms with Crippen LogP contribution in [0.3, 0.4) is 0 Å². The van der Waals surface area contributed by atoms with Crippen molar-refractivity contribution >= 4 is 11.6 Å². The quantitative estimate of drug-likeness (QED) is 0.655. The fourth-order valence-corrected chi connectivity index (χ4v) is 2.00. The minimum Gasteiger partial charge on any atom is -0.493 e. The van der Waals surface area contributed by atoms with Crippen LogP contribution in [0, 0.1) is 0 Å². The van der Waals surface area contributed by atoms with Crippen molar-refractivity contribution < 1.29 is 14.3 Å². The van der Waals surface area contributed by atoms with Gasteiger partial charge in [-0.25, -0.2) is 5.43 Å². The van der Waals surface area contributed by atoms with Crippen molar-refractivity contribution in [1.82, 2.24) is 10.4 Å². The van der Waals surface area contributed by atoms with Crippen molar-refractivity contribution in [2.75, 3.05) is 14.2 Å². The highest BCUT2D eigenvalue weighted by atomic mass is 16.5. The molecule has 0 bridgehead atoms. The zero-order valence-corrected chi connectivity index (χ0v) is 13.4. The van der Waals surface area contributed by atoms with Crippen molar-refractivity contribution in [2.45, 2.75) is 13.3 Å². The molecular formula is C17H19N3O3. The molecule has 1 N–H and O–H groups in total. The molecule has 0 aliphatic heterocycles. The van der Waals surface area contributed by atoms with Crippen LogP contribution in [0.1, 0.15) is 18.2 Å². The van der Waals surface area contributed by atoms with Crippen molar-refractivity contribution in [3.63, 3.8) is 0 Å². The average molecular weight is 313 g/mol. The van der Waals surface area contributed by atoms with Gasteiger partial charge in [-0.2, -0.15) is 5.10 Å². The Kier molecular flexibility index (Phi) is 5.68. The first-order chi connectivity index (χ1) is 11.1. The molecule has 1 aromatic carbocycles. The van der Waals surface area contributed by atoms with Crippen molar-refractivity contribution in [2.24, 2.45) is 5.10 Å². The maximum atomic E-state index is 12.0. The van der Waals surface area contributed by atoms with Gasteiger partial charge in [-0.3, -0.25) is 9.78 Å². The summed E-state index contributed by atoms with van der Waals surface area (Å²) in [6, 6.07) is 10.9. The smallest absolute Gasteiger partial charge is 0.244 e. The van der Waals surface area contributed by atoms with Crippen LogP contribution in [0.5, 0.6) is 11.5 Å². The lowest BCUT2D eigenvalue weighted by atomic mass is 10.1. The number of carbonyl (C=O) groups is 1. The van der Waals surface area contributed by atoms with Gasteiger partial charge in [0.15, 0.2) is 11.5 Å². The second-order valence-electron chi connectivity index (χ2n) is 4.81. The topological polar surface area (TPSA) is 72.8 Å². The molecule has 2 rings (SSSR count). The average Bonchev–Trinajstić information content (AvgIpc) is 2.60. The molecule has 0 unspecified atom stereocenters. The van der Waals surface area contributed by atoms with E-state index in [0.29, 0.717) is 17.2 Å². The predicted molar refractivity (Wildman–Crippen MR) is 87.8 cm³/mol. The number of benzene rings is 1. The summed E-state index contributed by atoms with van der Waals surface area (Å²) < 4.78 is 10.4. The lowest BCUT2D eigenvalue weighted by molar-refractivity contribution is -0.120. The Bertz CT molecular complexity index is 699. The molecule has 1 aromatic heterocycles. The van der Waals surface area contributed by atoms with Gasteiger partial charge in [-0.15, -0.1) is 0 Å². The van der Waals surface area contributed by atoms with E-state index in [-0.39, 0.29) is 12.3 Å². The number of rotatable bonds is 6. The summed E-state index contributed by atoms with van der Waals surface area (Å²) in [6.45, 7) is 1.79. The van der Waals surface area contributed by atoms with Crippen LogP contribution in [0.25, 0.3) is 0 Å². The monoisotopic (exact) mass is 313 g/mol. The molecule has 0 aliphatic rings. The van der Waals surface area contributed by atoms with Gasteiger partial charge >= 0.3 is 0 Å². The summed E-state index contributed by atoms with van der Waals surface area (Å²) in [5.41, 5.74) is 4.71. The summed E-state index contributed by atoms with van der Waals surface area (Å²) >= 11 is 0. The number of ether oxygens (including phenoxy) is 2. The van der Waals surface area contributed by atoms with Crippen LogP contribution in [-0.2, 0) is 11.2 Å². The van der Waals surface area contributed by atoms with Gasteiger partial charge in [0.25, 0.3) is 0 Å². The molecule has 120 valence electrons. The number of aromatic nitrogens is 1. The van der Waals surface area contributed by atoms with Crippen LogP contribution in [-0.4, -0.2) is 30.8 Å². The number of pyridine rings is 1. The summed E-state index contributed by atoms with van der Waals surface area (Å²) in [7, 11) is 3.13. The molecule has 0 aliphatic carbocycles. The summed E-state index contributed by atoms with van der Waals surface area (Å²) in [4.78, 5) is 16.2. The third-order valence-electron chi connectivity index (χ3n) is 3.20. The van der Waals surface area contributed by atoms with Crippen LogP contribution in [0.4, 0.5) is 0 Å². The molecule has 0 atom stereocenters. The summed E-state index contributed by atoms with van der Waals surface area (Å²) in [5.74, 6) is 0.999. The maximum Gasteiger partial charge on any atom is 0.244 e. The number of carbonyl (C=O) groups excluding carboxylic acids is 1. The van der Waals surface area contributed by atoms with Crippen molar-refractivity contribution in [3.8, 4) is 11.5 Å². The second kappa shape index (κ2) is 7.93. The number of amides is 1. The molecule has 0 fully saturated rings. The van der Waals surface area contributed by atoms with Crippen LogP contribution in [0.2, 0.25) is 0 Å². The van der Waals surface area contributed by atoms with E-state index in [1.807, 2.05) is 24.3 Å². The lowest BCUT2D eigenvalue weighted by Gasteiger charge is -2.09. The van der Waals surface area contributed by atoms with E-state index in [0.717, 1.165) is 11.3 Å². The van der Waals surface area contributed by atoms with Crippen molar-refractivity contribution in [1.29, 1.82) is 0 Å². The SMILES string of the molecule is COc1ccc(CC(=O)NN=C(C)c2ccccn2)cc1OC.